The fraction of sp³-hybridized carbons (Fsp3) is 0.381. The van der Waals surface area contributed by atoms with Gasteiger partial charge in [-0.2, -0.15) is 0 Å². The van der Waals surface area contributed by atoms with Crippen LogP contribution >= 0.6 is 11.8 Å². The minimum Gasteiger partial charge on any atom is -0.349 e. The van der Waals surface area contributed by atoms with E-state index in [1.807, 2.05) is 24.3 Å². The van der Waals surface area contributed by atoms with E-state index in [0.29, 0.717) is 11.7 Å². The number of thioether (sulfide) groups is 1. The van der Waals surface area contributed by atoms with Gasteiger partial charge in [-0.3, -0.25) is 4.79 Å². The van der Waals surface area contributed by atoms with Crippen LogP contribution in [0.15, 0.2) is 54.6 Å². The molecule has 0 aliphatic carbocycles. The fourth-order valence-corrected chi connectivity index (χ4v) is 3.61. The normalized spacial score (nSPS) is 12.2. The molecular weight excluding hydrogens is 314 g/mol. The van der Waals surface area contributed by atoms with Gasteiger partial charge in [-0.05, 0) is 36.0 Å². The first-order valence-electron chi connectivity index (χ1n) is 8.53. The number of amides is 1. The molecule has 0 fully saturated rings. The summed E-state index contributed by atoms with van der Waals surface area (Å²) in [4.78, 5) is 12.4. The molecule has 128 valence electrons. The molecule has 0 unspecified atom stereocenters. The quantitative estimate of drug-likeness (QED) is 0.721. The average Bonchev–Trinajstić information content (AvgIpc) is 2.56. The summed E-state index contributed by atoms with van der Waals surface area (Å²) in [5, 5.41) is 3.21. The summed E-state index contributed by atoms with van der Waals surface area (Å²) in [6.07, 6.45) is 0.957. The third-order valence-electron chi connectivity index (χ3n) is 4.00. The van der Waals surface area contributed by atoms with Crippen LogP contribution in [0.3, 0.4) is 0 Å². The number of rotatable bonds is 8. The second-order valence-corrected chi connectivity index (χ2v) is 7.57. The van der Waals surface area contributed by atoms with E-state index in [0.717, 1.165) is 12.2 Å². The SMILES string of the molecule is Cc1ccccc1CSCC(=O)N[C@@H](CC(C)C)c1ccccc1. The molecule has 1 N–H and O–H groups in total. The predicted molar refractivity (Wildman–Crippen MR) is 104 cm³/mol. The fourth-order valence-electron chi connectivity index (χ4n) is 2.70. The Kier molecular flexibility index (Phi) is 7.38. The van der Waals surface area contributed by atoms with Gasteiger partial charge in [0, 0.05) is 5.75 Å². The Morgan fingerprint density at radius 2 is 1.71 bits per heavy atom. The molecule has 0 aromatic heterocycles. The highest BCUT2D eigenvalue weighted by Gasteiger charge is 2.16. The van der Waals surface area contributed by atoms with Gasteiger partial charge in [0.15, 0.2) is 0 Å². The molecular formula is C21H27NOS. The lowest BCUT2D eigenvalue weighted by Crippen LogP contribution is -2.30. The highest BCUT2D eigenvalue weighted by molar-refractivity contribution is 7.99. The lowest BCUT2D eigenvalue weighted by molar-refractivity contribution is -0.119. The zero-order valence-corrected chi connectivity index (χ0v) is 15.6. The molecule has 0 bridgehead atoms. The van der Waals surface area contributed by atoms with Gasteiger partial charge in [-0.1, -0.05) is 68.4 Å². The molecule has 24 heavy (non-hydrogen) atoms. The van der Waals surface area contributed by atoms with E-state index in [9.17, 15) is 4.79 Å². The second kappa shape index (κ2) is 9.53. The predicted octanol–water partition coefficient (Wildman–Crippen LogP) is 5.13. The van der Waals surface area contributed by atoms with Crippen LogP contribution in [-0.4, -0.2) is 11.7 Å². The average molecular weight is 342 g/mol. The minimum atomic E-state index is 0.0951. The van der Waals surface area contributed by atoms with E-state index < -0.39 is 0 Å². The maximum atomic E-state index is 12.4. The van der Waals surface area contributed by atoms with Crippen LogP contribution in [0.25, 0.3) is 0 Å². The number of hydrogen-bond donors (Lipinski definition) is 1. The van der Waals surface area contributed by atoms with E-state index in [1.54, 1.807) is 11.8 Å². The molecule has 2 rings (SSSR count). The van der Waals surface area contributed by atoms with Gasteiger partial charge in [0.05, 0.1) is 11.8 Å². The minimum absolute atomic E-state index is 0.0951. The van der Waals surface area contributed by atoms with E-state index >= 15 is 0 Å². The van der Waals surface area contributed by atoms with Gasteiger partial charge < -0.3 is 5.32 Å². The molecule has 0 aliphatic rings. The Morgan fingerprint density at radius 3 is 2.38 bits per heavy atom. The third-order valence-corrected chi connectivity index (χ3v) is 4.98. The molecule has 2 nitrogen and oxygen atoms in total. The Labute approximate surface area is 150 Å². The number of carbonyl (C=O) groups is 1. The summed E-state index contributed by atoms with van der Waals surface area (Å²) in [7, 11) is 0. The summed E-state index contributed by atoms with van der Waals surface area (Å²) in [6, 6.07) is 18.7. The largest absolute Gasteiger partial charge is 0.349 e. The lowest BCUT2D eigenvalue weighted by Gasteiger charge is -2.21. The van der Waals surface area contributed by atoms with Crippen molar-refractivity contribution in [1.29, 1.82) is 0 Å². The van der Waals surface area contributed by atoms with Crippen molar-refractivity contribution in [3.8, 4) is 0 Å². The van der Waals surface area contributed by atoms with Crippen molar-refractivity contribution in [2.75, 3.05) is 5.75 Å². The van der Waals surface area contributed by atoms with Crippen LogP contribution in [0.4, 0.5) is 0 Å². The number of carbonyl (C=O) groups excluding carboxylic acids is 1. The van der Waals surface area contributed by atoms with Crippen molar-refractivity contribution in [1.82, 2.24) is 5.32 Å². The number of aryl methyl sites for hydroxylation is 1. The summed E-state index contributed by atoms with van der Waals surface area (Å²) in [5.41, 5.74) is 3.77. The molecule has 1 amide bonds. The van der Waals surface area contributed by atoms with E-state index in [1.165, 1.54) is 16.7 Å². The molecule has 0 aliphatic heterocycles. The van der Waals surface area contributed by atoms with Crippen LogP contribution in [0.5, 0.6) is 0 Å². The van der Waals surface area contributed by atoms with Gasteiger partial charge in [0.25, 0.3) is 0 Å². The molecule has 3 heteroatoms. The van der Waals surface area contributed by atoms with E-state index in [2.05, 4.69) is 56.4 Å². The van der Waals surface area contributed by atoms with Gasteiger partial charge in [-0.25, -0.2) is 0 Å². The maximum Gasteiger partial charge on any atom is 0.230 e. The van der Waals surface area contributed by atoms with Crippen LogP contribution in [0.1, 0.15) is 43.0 Å². The van der Waals surface area contributed by atoms with Crippen molar-refractivity contribution in [2.45, 2.75) is 39.0 Å². The van der Waals surface area contributed by atoms with Gasteiger partial charge in [0.2, 0.25) is 5.91 Å². The van der Waals surface area contributed by atoms with Crippen molar-refractivity contribution in [2.24, 2.45) is 5.92 Å². The Balaban J connectivity index is 1.87. The molecule has 0 saturated heterocycles. The second-order valence-electron chi connectivity index (χ2n) is 6.58. The standard InChI is InChI=1S/C21H27NOS/c1-16(2)13-20(18-10-5-4-6-11-18)22-21(23)15-24-14-19-12-8-7-9-17(19)3/h4-12,16,20H,13-15H2,1-3H3,(H,22,23)/t20-/m0/s1. The molecule has 0 saturated carbocycles. The summed E-state index contributed by atoms with van der Waals surface area (Å²) >= 11 is 1.67. The number of benzene rings is 2. The lowest BCUT2D eigenvalue weighted by atomic mass is 9.97. The van der Waals surface area contributed by atoms with E-state index in [4.69, 9.17) is 0 Å². The van der Waals surface area contributed by atoms with Crippen LogP contribution in [-0.2, 0) is 10.5 Å². The van der Waals surface area contributed by atoms with Crippen molar-refractivity contribution >= 4 is 17.7 Å². The third kappa shape index (κ3) is 6.04. The Bertz CT molecular complexity index is 639. The van der Waals surface area contributed by atoms with Crippen LogP contribution < -0.4 is 5.32 Å². The number of nitrogens with one attached hydrogen (secondary N) is 1. The first kappa shape index (κ1) is 18.6. The van der Waals surface area contributed by atoms with Crippen molar-refractivity contribution in [3.05, 3.63) is 71.3 Å². The highest BCUT2D eigenvalue weighted by atomic mass is 32.2. The topological polar surface area (TPSA) is 29.1 Å². The highest BCUT2D eigenvalue weighted by Crippen LogP contribution is 2.22. The molecule has 1 atom stereocenters. The number of hydrogen-bond acceptors (Lipinski definition) is 2. The maximum absolute atomic E-state index is 12.4. The van der Waals surface area contributed by atoms with Crippen molar-refractivity contribution in [3.63, 3.8) is 0 Å². The molecule has 0 heterocycles. The molecule has 0 spiro atoms. The first-order chi connectivity index (χ1) is 11.6. The Hall–Kier alpha value is -1.74. The van der Waals surface area contributed by atoms with Crippen molar-refractivity contribution < 1.29 is 4.79 Å². The van der Waals surface area contributed by atoms with Gasteiger partial charge in [-0.15, -0.1) is 11.8 Å². The Morgan fingerprint density at radius 1 is 1.04 bits per heavy atom. The van der Waals surface area contributed by atoms with Gasteiger partial charge in [0.1, 0.15) is 0 Å². The van der Waals surface area contributed by atoms with Crippen LogP contribution in [0, 0.1) is 12.8 Å². The zero-order chi connectivity index (χ0) is 17.4. The first-order valence-corrected chi connectivity index (χ1v) is 9.68. The molecule has 2 aromatic rings. The zero-order valence-electron chi connectivity index (χ0n) is 14.8. The van der Waals surface area contributed by atoms with Gasteiger partial charge >= 0.3 is 0 Å². The van der Waals surface area contributed by atoms with E-state index in [-0.39, 0.29) is 11.9 Å². The monoisotopic (exact) mass is 341 g/mol. The molecule has 0 radical (unpaired) electrons. The summed E-state index contributed by atoms with van der Waals surface area (Å²) in [6.45, 7) is 6.49. The molecule has 2 aromatic carbocycles. The summed E-state index contributed by atoms with van der Waals surface area (Å²) in [5.74, 6) is 2.02. The smallest absolute Gasteiger partial charge is 0.230 e. The van der Waals surface area contributed by atoms with Crippen LogP contribution in [0.2, 0.25) is 0 Å². The summed E-state index contributed by atoms with van der Waals surface area (Å²) < 4.78 is 0.